The van der Waals surface area contributed by atoms with Crippen LogP contribution in [0.15, 0.2) is 0 Å². The average Bonchev–Trinajstić information content (AvgIpc) is 2.47. The molecule has 0 aromatic carbocycles. The van der Waals surface area contributed by atoms with E-state index in [1.165, 1.54) is 0 Å². The highest BCUT2D eigenvalue weighted by atomic mass is 16.3. The van der Waals surface area contributed by atoms with Crippen molar-refractivity contribution >= 4 is 5.91 Å². The highest BCUT2D eigenvalue weighted by molar-refractivity contribution is 5.83. The third-order valence-corrected chi connectivity index (χ3v) is 2.90. The fourth-order valence-electron chi connectivity index (χ4n) is 1.80. The Labute approximate surface area is 85.5 Å². The van der Waals surface area contributed by atoms with Gasteiger partial charge >= 0.3 is 0 Å². The minimum Gasteiger partial charge on any atom is -0.392 e. The number of likely N-dealkylation sites (N-methyl/N-ethyl adjacent to an activating group) is 2. The lowest BCUT2D eigenvalue weighted by atomic mass is 10.2. The summed E-state index contributed by atoms with van der Waals surface area (Å²) in [4.78, 5) is 15.3. The van der Waals surface area contributed by atoms with Gasteiger partial charge in [-0.15, -0.1) is 0 Å². The number of nitrogens with zero attached hydrogens (tertiary/aromatic N) is 2. The summed E-state index contributed by atoms with van der Waals surface area (Å²) in [7, 11) is 3.73. The van der Waals surface area contributed by atoms with Gasteiger partial charge in [-0.3, -0.25) is 9.69 Å². The van der Waals surface area contributed by atoms with E-state index >= 15 is 0 Å². The lowest BCUT2D eigenvalue weighted by Gasteiger charge is -2.24. The van der Waals surface area contributed by atoms with Gasteiger partial charge in [-0.25, -0.2) is 0 Å². The van der Waals surface area contributed by atoms with E-state index in [4.69, 9.17) is 0 Å². The van der Waals surface area contributed by atoms with E-state index in [-0.39, 0.29) is 18.1 Å². The number of amides is 1. The maximum atomic E-state index is 11.6. The van der Waals surface area contributed by atoms with Crippen molar-refractivity contribution in [3.05, 3.63) is 0 Å². The van der Waals surface area contributed by atoms with Crippen molar-refractivity contribution in [2.75, 3.05) is 27.2 Å². The molecule has 0 spiro atoms. The molecule has 4 nitrogen and oxygen atoms in total. The number of carbonyl (C=O) groups is 1. The van der Waals surface area contributed by atoms with E-state index < -0.39 is 0 Å². The van der Waals surface area contributed by atoms with E-state index in [2.05, 4.69) is 0 Å². The Morgan fingerprint density at radius 3 is 2.79 bits per heavy atom. The van der Waals surface area contributed by atoms with Crippen LogP contribution in [0.25, 0.3) is 0 Å². The number of carbonyl (C=O) groups excluding carboxylic acids is 1. The highest BCUT2D eigenvalue weighted by Gasteiger charge is 2.32. The quantitative estimate of drug-likeness (QED) is 0.690. The van der Waals surface area contributed by atoms with Crippen LogP contribution in [0.3, 0.4) is 0 Å². The van der Waals surface area contributed by atoms with Gasteiger partial charge < -0.3 is 10.0 Å². The molecule has 1 saturated heterocycles. The molecule has 1 rings (SSSR count). The fourth-order valence-corrected chi connectivity index (χ4v) is 1.80. The number of aliphatic hydroxyl groups is 1. The first-order valence-electron chi connectivity index (χ1n) is 5.19. The van der Waals surface area contributed by atoms with Gasteiger partial charge in [0.05, 0.1) is 12.1 Å². The molecule has 0 aromatic heterocycles. The van der Waals surface area contributed by atoms with Crippen LogP contribution in [0.4, 0.5) is 0 Å². The molecule has 1 fully saturated rings. The Morgan fingerprint density at radius 2 is 2.36 bits per heavy atom. The molecule has 0 saturated carbocycles. The van der Waals surface area contributed by atoms with Crippen molar-refractivity contribution in [2.24, 2.45) is 0 Å². The first-order valence-corrected chi connectivity index (χ1v) is 5.19. The predicted octanol–water partition coefficient (Wildman–Crippen LogP) is -0.0802. The van der Waals surface area contributed by atoms with Crippen LogP contribution >= 0.6 is 0 Å². The van der Waals surface area contributed by atoms with Crippen LogP contribution in [-0.2, 0) is 4.79 Å². The second-order valence-electron chi connectivity index (χ2n) is 4.07. The lowest BCUT2D eigenvalue weighted by Crippen LogP contribution is -2.42. The monoisotopic (exact) mass is 200 g/mol. The van der Waals surface area contributed by atoms with Crippen LogP contribution in [0.2, 0.25) is 0 Å². The average molecular weight is 200 g/mol. The zero-order chi connectivity index (χ0) is 10.7. The van der Waals surface area contributed by atoms with Gasteiger partial charge in [-0.05, 0) is 19.9 Å². The van der Waals surface area contributed by atoms with Crippen molar-refractivity contribution in [1.82, 2.24) is 9.80 Å². The SMILES string of the molecule is CC[C@@H](O)CN(C)[C@H]1CCN(C)C1=O. The molecule has 1 heterocycles. The summed E-state index contributed by atoms with van der Waals surface area (Å²) in [5, 5.41) is 9.47. The highest BCUT2D eigenvalue weighted by Crippen LogP contribution is 2.14. The summed E-state index contributed by atoms with van der Waals surface area (Å²) in [6, 6.07) is -0.0267. The smallest absolute Gasteiger partial charge is 0.239 e. The second kappa shape index (κ2) is 4.75. The molecule has 1 aliphatic heterocycles. The van der Waals surface area contributed by atoms with Crippen LogP contribution in [0.1, 0.15) is 19.8 Å². The molecule has 1 N–H and O–H groups in total. The van der Waals surface area contributed by atoms with E-state index in [0.717, 1.165) is 19.4 Å². The molecule has 14 heavy (non-hydrogen) atoms. The van der Waals surface area contributed by atoms with Gasteiger partial charge in [-0.1, -0.05) is 6.92 Å². The summed E-state index contributed by atoms with van der Waals surface area (Å²) in [6.07, 6.45) is 1.29. The molecule has 82 valence electrons. The Bertz CT molecular complexity index is 208. The number of likely N-dealkylation sites (tertiary alicyclic amines) is 1. The normalized spacial score (nSPS) is 24.8. The molecule has 0 radical (unpaired) electrons. The van der Waals surface area contributed by atoms with Gasteiger partial charge in [-0.2, -0.15) is 0 Å². The molecule has 0 aromatic rings. The van der Waals surface area contributed by atoms with E-state index in [1.807, 2.05) is 25.9 Å². The number of aliphatic hydroxyl groups excluding tert-OH is 1. The first kappa shape index (κ1) is 11.5. The summed E-state index contributed by atoms with van der Waals surface area (Å²) < 4.78 is 0. The molecular weight excluding hydrogens is 180 g/mol. The van der Waals surface area contributed by atoms with E-state index in [1.54, 1.807) is 4.90 Å². The van der Waals surface area contributed by atoms with Gasteiger partial charge in [0.1, 0.15) is 0 Å². The Balaban J connectivity index is 2.45. The van der Waals surface area contributed by atoms with Crippen molar-refractivity contribution in [1.29, 1.82) is 0 Å². The van der Waals surface area contributed by atoms with Crippen LogP contribution in [0, 0.1) is 0 Å². The zero-order valence-corrected chi connectivity index (χ0v) is 9.23. The van der Waals surface area contributed by atoms with Gasteiger partial charge in [0.2, 0.25) is 5.91 Å². The Hall–Kier alpha value is -0.610. The molecule has 4 heteroatoms. The minimum absolute atomic E-state index is 0.0267. The molecular formula is C10H20N2O2. The largest absolute Gasteiger partial charge is 0.392 e. The molecule has 0 unspecified atom stereocenters. The number of rotatable bonds is 4. The van der Waals surface area contributed by atoms with Crippen LogP contribution < -0.4 is 0 Å². The summed E-state index contributed by atoms with van der Waals surface area (Å²) in [6.45, 7) is 3.36. The third-order valence-electron chi connectivity index (χ3n) is 2.90. The Kier molecular flexibility index (Phi) is 3.89. The maximum Gasteiger partial charge on any atom is 0.239 e. The standard InChI is InChI=1S/C10H20N2O2/c1-4-8(13)7-12(3)9-5-6-11(2)10(9)14/h8-9,13H,4-7H2,1-3H3/t8-,9+/m1/s1. The van der Waals surface area contributed by atoms with Gasteiger partial charge in [0, 0.05) is 20.1 Å². The van der Waals surface area contributed by atoms with Gasteiger partial charge in [0.15, 0.2) is 0 Å². The van der Waals surface area contributed by atoms with Crippen molar-refractivity contribution in [2.45, 2.75) is 31.9 Å². The minimum atomic E-state index is -0.321. The van der Waals surface area contributed by atoms with Gasteiger partial charge in [0.25, 0.3) is 0 Å². The predicted molar refractivity (Wildman–Crippen MR) is 55.0 cm³/mol. The molecule has 0 aliphatic carbocycles. The summed E-state index contributed by atoms with van der Waals surface area (Å²) in [5.74, 6) is 0.177. The van der Waals surface area contributed by atoms with Crippen molar-refractivity contribution in [3.8, 4) is 0 Å². The second-order valence-corrected chi connectivity index (χ2v) is 4.07. The molecule has 0 bridgehead atoms. The van der Waals surface area contributed by atoms with Crippen LogP contribution in [0.5, 0.6) is 0 Å². The van der Waals surface area contributed by atoms with E-state index in [0.29, 0.717) is 6.54 Å². The fraction of sp³-hybridized carbons (Fsp3) is 0.900. The summed E-state index contributed by atoms with van der Waals surface area (Å²) >= 11 is 0. The molecule has 1 aliphatic rings. The lowest BCUT2D eigenvalue weighted by molar-refractivity contribution is -0.130. The first-order chi connectivity index (χ1) is 6.56. The Morgan fingerprint density at radius 1 is 1.71 bits per heavy atom. The van der Waals surface area contributed by atoms with Crippen LogP contribution in [-0.4, -0.2) is 60.1 Å². The molecule has 2 atom stereocenters. The summed E-state index contributed by atoms with van der Waals surface area (Å²) in [5.41, 5.74) is 0. The number of hydrogen-bond donors (Lipinski definition) is 1. The zero-order valence-electron chi connectivity index (χ0n) is 9.23. The third kappa shape index (κ3) is 2.45. The number of hydrogen-bond acceptors (Lipinski definition) is 3. The topological polar surface area (TPSA) is 43.8 Å². The maximum absolute atomic E-state index is 11.6. The van der Waals surface area contributed by atoms with Crippen molar-refractivity contribution < 1.29 is 9.90 Å². The van der Waals surface area contributed by atoms with Crippen molar-refractivity contribution in [3.63, 3.8) is 0 Å². The molecule has 1 amide bonds. The van der Waals surface area contributed by atoms with E-state index in [9.17, 15) is 9.90 Å².